The van der Waals surface area contributed by atoms with Gasteiger partial charge >= 0.3 is 19.8 Å². The largest absolute Gasteiger partial charge is 0.472 e. The van der Waals surface area contributed by atoms with Crippen LogP contribution in [0.15, 0.2) is 146 Å². The van der Waals surface area contributed by atoms with Gasteiger partial charge in [0, 0.05) is 12.8 Å². The van der Waals surface area contributed by atoms with Gasteiger partial charge in [-0.1, -0.05) is 372 Å². The summed E-state index contributed by atoms with van der Waals surface area (Å²) in [5.41, 5.74) is 0. The first-order valence-corrected chi connectivity index (χ1v) is 43.1. The van der Waals surface area contributed by atoms with Crippen molar-refractivity contribution in [3.63, 3.8) is 0 Å². The van der Waals surface area contributed by atoms with Crippen molar-refractivity contribution in [1.29, 1.82) is 0 Å². The van der Waals surface area contributed by atoms with E-state index in [4.69, 9.17) is 18.5 Å². The number of likely N-dealkylation sites (N-methyl/N-ethyl adjacent to an activating group) is 1. The van der Waals surface area contributed by atoms with E-state index in [1.54, 1.807) is 0 Å². The van der Waals surface area contributed by atoms with E-state index in [9.17, 15) is 19.0 Å². The molecule has 0 aromatic heterocycles. The van der Waals surface area contributed by atoms with Crippen molar-refractivity contribution in [2.75, 3.05) is 47.5 Å². The molecule has 0 saturated heterocycles. The Balaban J connectivity index is 4.00. The third kappa shape index (κ3) is 82.8. The third-order valence-corrected chi connectivity index (χ3v) is 18.8. The summed E-state index contributed by atoms with van der Waals surface area (Å²) in [5, 5.41) is 0. The lowest BCUT2D eigenvalue weighted by atomic mass is 10.0. The molecule has 1 N–H and O–H groups in total. The maximum atomic E-state index is 12.9. The van der Waals surface area contributed by atoms with Crippen molar-refractivity contribution < 1.29 is 42.1 Å². The van der Waals surface area contributed by atoms with Crippen LogP contribution in [0.1, 0.15) is 361 Å². The molecule has 0 aliphatic rings. The third-order valence-electron chi connectivity index (χ3n) is 17.9. The molecule has 0 spiro atoms. The van der Waals surface area contributed by atoms with Gasteiger partial charge in [0.15, 0.2) is 6.10 Å². The molecule has 2 atom stereocenters. The molecule has 0 aliphatic heterocycles. The lowest BCUT2D eigenvalue weighted by Crippen LogP contribution is -2.37. The lowest BCUT2D eigenvalue weighted by Gasteiger charge is -2.24. The van der Waals surface area contributed by atoms with E-state index in [1.165, 1.54) is 212 Å². The van der Waals surface area contributed by atoms with E-state index in [2.05, 4.69) is 160 Å². The Bertz CT molecular complexity index is 2210. The first-order valence-electron chi connectivity index (χ1n) is 41.6. The Morgan fingerprint density at radius 2 is 0.570 bits per heavy atom. The molecule has 2 unspecified atom stereocenters. The van der Waals surface area contributed by atoms with Crippen molar-refractivity contribution in [1.82, 2.24) is 0 Å². The van der Waals surface area contributed by atoms with Crippen LogP contribution in [0.4, 0.5) is 0 Å². The monoisotopic (exact) mass is 1410 g/mol. The van der Waals surface area contributed by atoms with Gasteiger partial charge in [0.25, 0.3) is 0 Å². The number of hydrogen-bond acceptors (Lipinski definition) is 7. The minimum absolute atomic E-state index is 0.0265. The first-order chi connectivity index (χ1) is 49.0. The number of phosphoric acid groups is 1. The number of unbranched alkanes of at least 4 members (excludes halogenated alkanes) is 38. The molecule has 0 aliphatic carbocycles. The van der Waals surface area contributed by atoms with Crippen molar-refractivity contribution >= 4 is 19.8 Å². The summed E-state index contributed by atoms with van der Waals surface area (Å²) < 4.78 is 34.8. The molecule has 0 fully saturated rings. The van der Waals surface area contributed by atoms with Gasteiger partial charge in [-0.15, -0.1) is 0 Å². The number of ether oxygens (including phenoxy) is 2. The van der Waals surface area contributed by atoms with E-state index in [-0.39, 0.29) is 32.0 Å². The average Bonchev–Trinajstić information content (AvgIpc) is 1.30. The lowest BCUT2D eigenvalue weighted by molar-refractivity contribution is -0.870. The summed E-state index contributed by atoms with van der Waals surface area (Å²) in [6.07, 6.45) is 117. The Morgan fingerprint density at radius 1 is 0.320 bits per heavy atom. The highest BCUT2D eigenvalue weighted by Crippen LogP contribution is 2.43. The quantitative estimate of drug-likeness (QED) is 0.0211. The van der Waals surface area contributed by atoms with E-state index < -0.39 is 26.5 Å². The number of hydrogen-bond donors (Lipinski definition) is 1. The van der Waals surface area contributed by atoms with Crippen molar-refractivity contribution in [2.24, 2.45) is 0 Å². The number of esters is 2. The zero-order valence-corrected chi connectivity index (χ0v) is 66.5. The molecule has 0 amide bonds. The van der Waals surface area contributed by atoms with Crippen molar-refractivity contribution in [2.45, 2.75) is 367 Å². The van der Waals surface area contributed by atoms with Gasteiger partial charge in [0.1, 0.15) is 19.8 Å². The molecule has 0 radical (unpaired) electrons. The summed E-state index contributed by atoms with van der Waals surface area (Å²) >= 11 is 0. The maximum absolute atomic E-state index is 12.9. The second-order valence-electron chi connectivity index (χ2n) is 28.8. The highest BCUT2D eigenvalue weighted by molar-refractivity contribution is 7.47. The van der Waals surface area contributed by atoms with Gasteiger partial charge in [-0.25, -0.2) is 4.57 Å². The first kappa shape index (κ1) is 95.9. The number of carbonyl (C=O) groups excluding carboxylic acids is 2. The van der Waals surface area contributed by atoms with Crippen LogP contribution in [0.3, 0.4) is 0 Å². The molecule has 574 valence electrons. The topological polar surface area (TPSA) is 108 Å². The summed E-state index contributed by atoms with van der Waals surface area (Å²) in [7, 11) is 1.47. The van der Waals surface area contributed by atoms with Gasteiger partial charge in [-0.05, 0) is 122 Å². The molecule has 10 heteroatoms. The van der Waals surface area contributed by atoms with Crippen molar-refractivity contribution in [3.8, 4) is 0 Å². The van der Waals surface area contributed by atoms with Crippen LogP contribution in [0.2, 0.25) is 0 Å². The Labute approximate surface area is 618 Å². The van der Waals surface area contributed by atoms with Crippen LogP contribution in [-0.4, -0.2) is 74.9 Å². The normalized spacial score (nSPS) is 13.8. The summed E-state index contributed by atoms with van der Waals surface area (Å²) in [4.78, 5) is 36.0. The number of rotatable bonds is 76. The Hall–Kier alpha value is -4.11. The van der Waals surface area contributed by atoms with Crippen LogP contribution in [0, 0.1) is 0 Å². The highest BCUT2D eigenvalue weighted by atomic mass is 31.2. The molecule has 0 rings (SSSR count). The number of carbonyl (C=O) groups is 2. The SMILES string of the molecule is CC/C=C\C/C=C\C/C=C\C/C=C\C/C=C\C/C=C\C/C=C\C/C=C\C/C=C\C/C=C\CCCCCCCCCCCCC(=O)OC(COC(=O)CCCCCCCCCCCCCCCCCCCCCCCCC/C=C\C/C=C\CCCCCCC)COP(=O)(O)OCC[N+](C)(C)C. The highest BCUT2D eigenvalue weighted by Gasteiger charge is 2.27. The number of allylic oxidation sites excluding steroid dienone is 24. The zero-order chi connectivity index (χ0) is 72.5. The van der Waals surface area contributed by atoms with E-state index in [0.717, 1.165) is 116 Å². The molecule has 0 heterocycles. The van der Waals surface area contributed by atoms with E-state index in [1.807, 2.05) is 21.1 Å². The average molecular weight is 1410 g/mol. The molecule has 9 nitrogen and oxygen atoms in total. The fraction of sp³-hybridized carbons (Fsp3) is 0.711. The molecule has 0 aromatic carbocycles. The Morgan fingerprint density at radius 3 is 0.850 bits per heavy atom. The van der Waals surface area contributed by atoms with Crippen LogP contribution in [0.25, 0.3) is 0 Å². The number of quaternary nitrogens is 1. The van der Waals surface area contributed by atoms with Crippen LogP contribution < -0.4 is 0 Å². The minimum atomic E-state index is -4.41. The smallest absolute Gasteiger partial charge is 0.462 e. The molecular weight excluding hydrogens is 1250 g/mol. The van der Waals surface area contributed by atoms with Crippen LogP contribution in [-0.2, 0) is 32.7 Å². The number of nitrogens with zero attached hydrogens (tertiary/aromatic N) is 1. The summed E-state index contributed by atoms with van der Waals surface area (Å²) in [6.45, 7) is 4.34. The zero-order valence-electron chi connectivity index (χ0n) is 65.6. The van der Waals surface area contributed by atoms with E-state index in [0.29, 0.717) is 17.4 Å². The van der Waals surface area contributed by atoms with Crippen LogP contribution >= 0.6 is 7.82 Å². The number of phosphoric ester groups is 1. The standard InChI is InChI=1S/C90H156NO8P/c1-6-8-10-12-14-16-18-20-22-24-26-28-30-32-34-36-38-40-42-43-44-45-46-47-49-51-53-55-57-59-61-63-65-67-69-71-73-75-77-79-81-83-90(93)99-88(87-98-100(94,95)97-85-84-91(3,4)5)86-96-89(92)82-80-78-76-74-72-70-68-66-64-62-60-58-56-54-52-50-48-41-39-37-35-33-31-29-27-25-23-21-19-17-15-13-11-9-7-2/h8,10,14,16,19-22,25-28,32,34,38,40,43-44,46-47,51,53,57,59,88H,6-7,9,11-13,15,17-18,23-24,29-31,33,35-37,39,41-42,45,48-50,52,54-56,58,60-87H2,1-5H3/p+1/b10-8-,16-14-,21-19-,22-20-,27-25-,28-26-,34-32-,40-38-,44-43-,47-46-,53-51-,59-57-. The molecule has 0 bridgehead atoms. The summed E-state index contributed by atoms with van der Waals surface area (Å²) in [6, 6.07) is 0. The van der Waals surface area contributed by atoms with Gasteiger partial charge in [-0.3, -0.25) is 18.6 Å². The predicted octanol–water partition coefficient (Wildman–Crippen LogP) is 28.1. The van der Waals surface area contributed by atoms with E-state index >= 15 is 0 Å². The molecular formula is C90H157NO8P+. The molecule has 0 aromatic rings. The second-order valence-corrected chi connectivity index (χ2v) is 30.2. The van der Waals surface area contributed by atoms with Gasteiger partial charge in [-0.2, -0.15) is 0 Å². The summed E-state index contributed by atoms with van der Waals surface area (Å²) in [5.74, 6) is -0.795. The van der Waals surface area contributed by atoms with Gasteiger partial charge in [0.2, 0.25) is 0 Å². The fourth-order valence-electron chi connectivity index (χ4n) is 11.5. The minimum Gasteiger partial charge on any atom is -0.462 e. The predicted molar refractivity (Wildman–Crippen MR) is 436 cm³/mol. The van der Waals surface area contributed by atoms with Crippen molar-refractivity contribution in [3.05, 3.63) is 146 Å². The second kappa shape index (κ2) is 79.0. The molecule has 0 saturated carbocycles. The fourth-order valence-corrected chi connectivity index (χ4v) is 12.3. The Kier molecular flexibility index (Phi) is 75.8. The maximum Gasteiger partial charge on any atom is 0.472 e. The van der Waals surface area contributed by atoms with Crippen LogP contribution in [0.5, 0.6) is 0 Å². The molecule has 100 heavy (non-hydrogen) atoms. The van der Waals surface area contributed by atoms with Gasteiger partial charge < -0.3 is 18.9 Å². The van der Waals surface area contributed by atoms with Gasteiger partial charge in [0.05, 0.1) is 27.7 Å².